The first kappa shape index (κ1) is 11.7. The van der Waals surface area contributed by atoms with Gasteiger partial charge in [-0.2, -0.15) is 8.42 Å². The molecule has 0 saturated heterocycles. The highest BCUT2D eigenvalue weighted by molar-refractivity contribution is 7.86. The first-order valence-corrected chi connectivity index (χ1v) is 5.64. The normalized spacial score (nSPS) is 11.7. The molecule has 0 aromatic heterocycles. The Balaban J connectivity index is 3.46. The van der Waals surface area contributed by atoms with E-state index < -0.39 is 20.9 Å². The maximum absolute atomic E-state index is 12.9. The fourth-order valence-corrected chi connectivity index (χ4v) is 1.84. The Labute approximate surface area is 89.7 Å². The van der Waals surface area contributed by atoms with Crippen molar-refractivity contribution in [3.63, 3.8) is 0 Å². The van der Waals surface area contributed by atoms with Gasteiger partial charge in [0.15, 0.2) is 0 Å². The second-order valence-corrected chi connectivity index (χ2v) is 4.44. The summed E-state index contributed by atoms with van der Waals surface area (Å²) in [5.74, 6) is -1.21. The molecule has 0 aliphatic carbocycles. The van der Waals surface area contributed by atoms with Crippen molar-refractivity contribution in [2.45, 2.75) is 10.8 Å². The Morgan fingerprint density at radius 1 is 1.36 bits per heavy atom. The number of hydrogen-bond donors (Lipinski definition) is 0. The van der Waals surface area contributed by atoms with Crippen LogP contribution in [0.4, 0.5) is 8.28 Å². The summed E-state index contributed by atoms with van der Waals surface area (Å²) in [7, 11) is -4.93. The number of hydrogen-bond acceptors (Lipinski definition) is 2. The Morgan fingerprint density at radius 3 is 2.36 bits per heavy atom. The largest absolute Gasteiger partial charge is 0.332 e. The molecule has 0 aliphatic rings. The van der Waals surface area contributed by atoms with Crippen LogP contribution in [0.3, 0.4) is 0 Å². The van der Waals surface area contributed by atoms with E-state index in [9.17, 15) is 16.7 Å². The third-order valence-electron chi connectivity index (χ3n) is 1.50. The summed E-state index contributed by atoms with van der Waals surface area (Å²) >= 11 is 10.8. The van der Waals surface area contributed by atoms with E-state index in [0.717, 1.165) is 6.07 Å². The lowest BCUT2D eigenvalue weighted by molar-refractivity contribution is 0.549. The molecule has 0 aliphatic heterocycles. The zero-order valence-electron chi connectivity index (χ0n) is 6.60. The molecule has 0 saturated carbocycles. The summed E-state index contributed by atoms with van der Waals surface area (Å²) in [5.41, 5.74) is 0.0320. The molecule has 0 spiro atoms. The van der Waals surface area contributed by atoms with E-state index in [1.165, 1.54) is 0 Å². The highest BCUT2D eigenvalue weighted by Gasteiger charge is 2.17. The Hall–Kier alpha value is -0.390. The lowest BCUT2D eigenvalue weighted by atomic mass is 10.2. The van der Waals surface area contributed by atoms with Crippen molar-refractivity contribution >= 4 is 33.4 Å². The minimum atomic E-state index is -4.93. The van der Waals surface area contributed by atoms with E-state index >= 15 is 0 Å². The van der Waals surface area contributed by atoms with Crippen molar-refractivity contribution in [1.82, 2.24) is 0 Å². The van der Waals surface area contributed by atoms with E-state index in [1.54, 1.807) is 0 Å². The average molecular weight is 261 g/mol. The standard InChI is InChI=1S/C7H4Cl2F2O2S/c8-3-4-1-5(14(11,12)13)2-6(10)7(4)9/h1-2H,3H2. The van der Waals surface area contributed by atoms with Crippen molar-refractivity contribution in [3.05, 3.63) is 28.5 Å². The van der Waals surface area contributed by atoms with Crippen molar-refractivity contribution in [3.8, 4) is 0 Å². The van der Waals surface area contributed by atoms with Crippen LogP contribution in [0.25, 0.3) is 0 Å². The van der Waals surface area contributed by atoms with Gasteiger partial charge in [0.05, 0.1) is 5.02 Å². The number of halogens is 4. The third kappa shape index (κ3) is 2.34. The van der Waals surface area contributed by atoms with Gasteiger partial charge < -0.3 is 0 Å². The van der Waals surface area contributed by atoms with Crippen LogP contribution in [0, 0.1) is 5.82 Å². The van der Waals surface area contributed by atoms with Crippen LogP contribution in [-0.4, -0.2) is 8.42 Å². The maximum Gasteiger partial charge on any atom is 0.332 e. The quantitative estimate of drug-likeness (QED) is 0.606. The Kier molecular flexibility index (Phi) is 3.34. The van der Waals surface area contributed by atoms with Gasteiger partial charge in [0.25, 0.3) is 0 Å². The first-order chi connectivity index (χ1) is 6.36. The molecule has 78 valence electrons. The average Bonchev–Trinajstić information content (AvgIpc) is 2.07. The van der Waals surface area contributed by atoms with Crippen molar-refractivity contribution in [2.24, 2.45) is 0 Å². The van der Waals surface area contributed by atoms with Crippen LogP contribution in [-0.2, 0) is 16.1 Å². The van der Waals surface area contributed by atoms with Crippen LogP contribution in [0.15, 0.2) is 17.0 Å². The predicted octanol–water partition coefficient (Wildman–Crippen LogP) is 2.88. The SMILES string of the molecule is O=S(=O)(F)c1cc(F)c(Cl)c(CCl)c1. The van der Waals surface area contributed by atoms with Crippen LogP contribution < -0.4 is 0 Å². The molecule has 1 aromatic carbocycles. The molecule has 0 amide bonds. The van der Waals surface area contributed by atoms with Gasteiger partial charge in [0.2, 0.25) is 0 Å². The molecule has 0 bridgehead atoms. The van der Waals surface area contributed by atoms with E-state index in [0.29, 0.717) is 6.07 Å². The molecular weight excluding hydrogens is 257 g/mol. The second-order valence-electron chi connectivity index (χ2n) is 2.45. The predicted molar refractivity (Wildman–Crippen MR) is 49.3 cm³/mol. The number of benzene rings is 1. The minimum Gasteiger partial charge on any atom is -0.205 e. The van der Waals surface area contributed by atoms with E-state index in [1.807, 2.05) is 0 Å². The zero-order chi connectivity index (χ0) is 10.9. The van der Waals surface area contributed by atoms with E-state index in [-0.39, 0.29) is 16.5 Å². The molecular formula is C7H4Cl2F2O2S. The molecule has 0 N–H and O–H groups in total. The van der Waals surface area contributed by atoms with Gasteiger partial charge >= 0.3 is 10.2 Å². The molecule has 0 atom stereocenters. The van der Waals surface area contributed by atoms with Gasteiger partial charge in [0.1, 0.15) is 10.7 Å². The topological polar surface area (TPSA) is 34.1 Å². The number of rotatable bonds is 2. The van der Waals surface area contributed by atoms with E-state index in [4.69, 9.17) is 23.2 Å². The van der Waals surface area contributed by atoms with Crippen LogP contribution in [0.2, 0.25) is 5.02 Å². The molecule has 7 heteroatoms. The Morgan fingerprint density at radius 2 is 1.93 bits per heavy atom. The van der Waals surface area contributed by atoms with Crippen LogP contribution >= 0.6 is 23.2 Å². The number of alkyl halides is 1. The van der Waals surface area contributed by atoms with Gasteiger partial charge in [-0.15, -0.1) is 15.5 Å². The highest BCUT2D eigenvalue weighted by Crippen LogP contribution is 2.26. The van der Waals surface area contributed by atoms with Gasteiger partial charge in [-0.05, 0) is 17.7 Å². The molecule has 0 fully saturated rings. The summed E-state index contributed by atoms with van der Waals surface area (Å²) < 4.78 is 46.3. The monoisotopic (exact) mass is 260 g/mol. The highest BCUT2D eigenvalue weighted by atomic mass is 35.5. The second kappa shape index (κ2) is 4.00. The summed E-state index contributed by atoms with van der Waals surface area (Å²) in [6, 6.07) is 1.40. The zero-order valence-corrected chi connectivity index (χ0v) is 8.93. The summed E-state index contributed by atoms with van der Waals surface area (Å²) in [6.07, 6.45) is 0. The van der Waals surface area contributed by atoms with Crippen LogP contribution in [0.5, 0.6) is 0 Å². The molecule has 0 unspecified atom stereocenters. The Bertz CT molecular complexity index is 459. The summed E-state index contributed by atoms with van der Waals surface area (Å²) in [5, 5.41) is -0.299. The summed E-state index contributed by atoms with van der Waals surface area (Å²) in [4.78, 5) is -0.782. The smallest absolute Gasteiger partial charge is 0.205 e. The third-order valence-corrected chi connectivity index (χ3v) is 3.01. The first-order valence-electron chi connectivity index (χ1n) is 3.35. The molecule has 14 heavy (non-hydrogen) atoms. The van der Waals surface area contributed by atoms with Gasteiger partial charge in [-0.1, -0.05) is 11.6 Å². The maximum atomic E-state index is 12.9. The fourth-order valence-electron chi connectivity index (χ4n) is 0.856. The molecule has 1 rings (SSSR count). The summed E-state index contributed by atoms with van der Waals surface area (Å²) in [6.45, 7) is 0. The van der Waals surface area contributed by atoms with Crippen molar-refractivity contribution < 1.29 is 16.7 Å². The molecule has 0 radical (unpaired) electrons. The lowest BCUT2D eigenvalue weighted by Crippen LogP contribution is -1.96. The molecule has 0 heterocycles. The van der Waals surface area contributed by atoms with Crippen molar-refractivity contribution in [2.75, 3.05) is 0 Å². The molecule has 2 nitrogen and oxygen atoms in total. The van der Waals surface area contributed by atoms with Gasteiger partial charge in [-0.25, -0.2) is 4.39 Å². The van der Waals surface area contributed by atoms with Crippen LogP contribution in [0.1, 0.15) is 5.56 Å². The molecule has 1 aromatic rings. The lowest BCUT2D eigenvalue weighted by Gasteiger charge is -2.03. The van der Waals surface area contributed by atoms with Gasteiger partial charge in [-0.3, -0.25) is 0 Å². The fraction of sp³-hybridized carbons (Fsp3) is 0.143. The minimum absolute atomic E-state index is 0.0320. The van der Waals surface area contributed by atoms with Gasteiger partial charge in [0, 0.05) is 5.88 Å². The van der Waals surface area contributed by atoms with E-state index in [2.05, 4.69) is 0 Å². The van der Waals surface area contributed by atoms with Crippen molar-refractivity contribution in [1.29, 1.82) is 0 Å².